The molecule has 104 valence electrons. The minimum Gasteiger partial charge on any atom is -0.496 e. The first kappa shape index (κ1) is 13.4. The summed E-state index contributed by atoms with van der Waals surface area (Å²) in [5.74, 6) is 1.84. The highest BCUT2D eigenvalue weighted by Crippen LogP contribution is 2.34. The Hall–Kier alpha value is -0.580. The van der Waals surface area contributed by atoms with Crippen molar-refractivity contribution in [3.63, 3.8) is 0 Å². The summed E-state index contributed by atoms with van der Waals surface area (Å²) in [6, 6.07) is 7.10. The summed E-state index contributed by atoms with van der Waals surface area (Å²) in [5.41, 5.74) is 1.35. The topological polar surface area (TPSA) is 24.5 Å². The van der Waals surface area contributed by atoms with E-state index in [0.717, 1.165) is 41.8 Å². The van der Waals surface area contributed by atoms with E-state index in [-0.39, 0.29) is 0 Å². The number of hydrogen-bond acceptors (Lipinski definition) is 3. The van der Waals surface area contributed by atoms with Gasteiger partial charge in [-0.1, -0.05) is 6.07 Å². The van der Waals surface area contributed by atoms with Crippen LogP contribution in [0.5, 0.6) is 5.75 Å². The zero-order valence-corrected chi connectivity index (χ0v) is 12.9. The van der Waals surface area contributed by atoms with Gasteiger partial charge in [0.15, 0.2) is 0 Å². The molecule has 1 heterocycles. The molecule has 1 N–H and O–H groups in total. The highest BCUT2D eigenvalue weighted by molar-refractivity contribution is 9.10. The van der Waals surface area contributed by atoms with E-state index in [1.54, 1.807) is 7.11 Å². The fourth-order valence-corrected chi connectivity index (χ4v) is 3.45. The Labute approximate surface area is 123 Å². The number of piperazine rings is 1. The SMILES string of the molecule is COc1ccc(CN2CCNC(C3CC3)C2)cc1Br. The van der Waals surface area contributed by atoms with Crippen molar-refractivity contribution in [1.82, 2.24) is 10.2 Å². The van der Waals surface area contributed by atoms with E-state index in [9.17, 15) is 0 Å². The van der Waals surface area contributed by atoms with Crippen LogP contribution in [0.2, 0.25) is 0 Å². The predicted molar refractivity (Wildman–Crippen MR) is 80.5 cm³/mol. The highest BCUT2D eigenvalue weighted by Gasteiger charge is 2.33. The third-order valence-corrected chi connectivity index (χ3v) is 4.72. The van der Waals surface area contributed by atoms with Crippen molar-refractivity contribution < 1.29 is 4.74 Å². The molecule has 2 fully saturated rings. The van der Waals surface area contributed by atoms with E-state index in [1.165, 1.54) is 24.9 Å². The Morgan fingerprint density at radius 3 is 2.95 bits per heavy atom. The maximum Gasteiger partial charge on any atom is 0.133 e. The molecule has 0 bridgehead atoms. The second-order valence-corrected chi connectivity index (χ2v) is 6.46. The van der Waals surface area contributed by atoms with Crippen LogP contribution in [0.25, 0.3) is 0 Å². The molecule has 1 atom stereocenters. The van der Waals surface area contributed by atoms with Gasteiger partial charge in [0.1, 0.15) is 5.75 Å². The first-order valence-electron chi connectivity index (χ1n) is 7.04. The van der Waals surface area contributed by atoms with Crippen molar-refractivity contribution in [3.05, 3.63) is 28.2 Å². The molecular weight excluding hydrogens is 304 g/mol. The lowest BCUT2D eigenvalue weighted by Crippen LogP contribution is -2.51. The second kappa shape index (κ2) is 5.81. The smallest absolute Gasteiger partial charge is 0.133 e. The molecule has 0 amide bonds. The molecule has 3 nitrogen and oxygen atoms in total. The number of ether oxygens (including phenoxy) is 1. The molecule has 1 saturated carbocycles. The number of nitrogens with one attached hydrogen (secondary N) is 1. The van der Waals surface area contributed by atoms with Crippen LogP contribution in [0, 0.1) is 5.92 Å². The van der Waals surface area contributed by atoms with Crippen LogP contribution in [-0.2, 0) is 6.54 Å². The minimum atomic E-state index is 0.718. The van der Waals surface area contributed by atoms with Gasteiger partial charge in [-0.05, 0) is 52.4 Å². The molecule has 1 unspecified atom stereocenters. The number of nitrogens with zero attached hydrogens (tertiary/aromatic N) is 1. The lowest BCUT2D eigenvalue weighted by atomic mass is 10.1. The fraction of sp³-hybridized carbons (Fsp3) is 0.600. The van der Waals surface area contributed by atoms with Crippen molar-refractivity contribution in [2.75, 3.05) is 26.7 Å². The van der Waals surface area contributed by atoms with Crippen LogP contribution in [0.1, 0.15) is 18.4 Å². The molecule has 3 rings (SSSR count). The van der Waals surface area contributed by atoms with E-state index < -0.39 is 0 Å². The molecule has 1 aromatic carbocycles. The third kappa shape index (κ3) is 3.30. The molecule has 1 saturated heterocycles. The van der Waals surface area contributed by atoms with Crippen LogP contribution in [-0.4, -0.2) is 37.7 Å². The van der Waals surface area contributed by atoms with E-state index in [0.29, 0.717) is 0 Å². The van der Waals surface area contributed by atoms with Gasteiger partial charge >= 0.3 is 0 Å². The summed E-state index contributed by atoms with van der Waals surface area (Å²) in [4.78, 5) is 2.56. The van der Waals surface area contributed by atoms with Crippen LogP contribution in [0.3, 0.4) is 0 Å². The van der Waals surface area contributed by atoms with Crippen molar-refractivity contribution in [3.8, 4) is 5.75 Å². The molecule has 2 aliphatic rings. The zero-order valence-electron chi connectivity index (χ0n) is 11.4. The van der Waals surface area contributed by atoms with E-state index in [4.69, 9.17) is 4.74 Å². The first-order valence-corrected chi connectivity index (χ1v) is 7.83. The molecule has 1 aliphatic carbocycles. The lowest BCUT2D eigenvalue weighted by Gasteiger charge is -2.34. The molecule has 1 aliphatic heterocycles. The van der Waals surface area contributed by atoms with Gasteiger partial charge in [-0.3, -0.25) is 4.90 Å². The number of methoxy groups -OCH3 is 1. The van der Waals surface area contributed by atoms with Gasteiger partial charge in [-0.2, -0.15) is 0 Å². The van der Waals surface area contributed by atoms with Crippen molar-refractivity contribution in [2.24, 2.45) is 5.92 Å². The third-order valence-electron chi connectivity index (χ3n) is 4.10. The molecule has 0 aromatic heterocycles. The predicted octanol–water partition coefficient (Wildman–Crippen LogP) is 2.64. The van der Waals surface area contributed by atoms with Crippen LogP contribution in [0.15, 0.2) is 22.7 Å². The Bertz CT molecular complexity index is 448. The summed E-state index contributed by atoms with van der Waals surface area (Å²) >= 11 is 3.56. The van der Waals surface area contributed by atoms with Gasteiger partial charge in [0.05, 0.1) is 11.6 Å². The standard InChI is InChI=1S/C15H21BrN2O/c1-19-15-5-2-11(8-13(15)16)9-18-7-6-17-14(10-18)12-3-4-12/h2,5,8,12,14,17H,3-4,6-7,9-10H2,1H3. The highest BCUT2D eigenvalue weighted by atomic mass is 79.9. The largest absolute Gasteiger partial charge is 0.496 e. The van der Waals surface area contributed by atoms with E-state index >= 15 is 0 Å². The van der Waals surface area contributed by atoms with Gasteiger partial charge in [-0.15, -0.1) is 0 Å². The normalized spacial score (nSPS) is 24.4. The van der Waals surface area contributed by atoms with E-state index in [2.05, 4.69) is 38.3 Å². The fourth-order valence-electron chi connectivity index (χ4n) is 2.87. The quantitative estimate of drug-likeness (QED) is 0.921. The Morgan fingerprint density at radius 1 is 1.42 bits per heavy atom. The molecule has 19 heavy (non-hydrogen) atoms. The van der Waals surface area contributed by atoms with Crippen molar-refractivity contribution >= 4 is 15.9 Å². The Balaban J connectivity index is 1.62. The van der Waals surface area contributed by atoms with E-state index in [1.807, 2.05) is 6.07 Å². The summed E-state index contributed by atoms with van der Waals surface area (Å²) in [6.07, 6.45) is 2.83. The van der Waals surface area contributed by atoms with Crippen molar-refractivity contribution in [2.45, 2.75) is 25.4 Å². The Kier molecular flexibility index (Phi) is 4.10. The first-order chi connectivity index (χ1) is 9.26. The molecule has 0 radical (unpaired) electrons. The summed E-state index contributed by atoms with van der Waals surface area (Å²) in [5, 5.41) is 3.66. The lowest BCUT2D eigenvalue weighted by molar-refractivity contribution is 0.181. The van der Waals surface area contributed by atoms with Gasteiger partial charge in [-0.25, -0.2) is 0 Å². The summed E-state index contributed by atoms with van der Waals surface area (Å²) < 4.78 is 6.32. The number of benzene rings is 1. The monoisotopic (exact) mass is 324 g/mol. The van der Waals surface area contributed by atoms with Gasteiger partial charge < -0.3 is 10.1 Å². The number of rotatable bonds is 4. The number of hydrogen-bond donors (Lipinski definition) is 1. The van der Waals surface area contributed by atoms with Crippen LogP contribution in [0.4, 0.5) is 0 Å². The van der Waals surface area contributed by atoms with Gasteiger partial charge in [0.25, 0.3) is 0 Å². The average Bonchev–Trinajstić information content (AvgIpc) is 3.24. The van der Waals surface area contributed by atoms with Gasteiger partial charge in [0.2, 0.25) is 0 Å². The molecule has 1 aromatic rings. The summed E-state index contributed by atoms with van der Waals surface area (Å²) in [6.45, 7) is 4.49. The second-order valence-electron chi connectivity index (χ2n) is 5.60. The average molecular weight is 325 g/mol. The maximum absolute atomic E-state index is 5.28. The van der Waals surface area contributed by atoms with Gasteiger partial charge in [0, 0.05) is 32.2 Å². The Morgan fingerprint density at radius 2 is 2.26 bits per heavy atom. The molecule has 4 heteroatoms. The maximum atomic E-state index is 5.28. The molecular formula is C15H21BrN2O. The van der Waals surface area contributed by atoms with Crippen molar-refractivity contribution in [1.29, 1.82) is 0 Å². The summed E-state index contributed by atoms with van der Waals surface area (Å²) in [7, 11) is 1.70. The van der Waals surface area contributed by atoms with Crippen LogP contribution >= 0.6 is 15.9 Å². The molecule has 0 spiro atoms. The minimum absolute atomic E-state index is 0.718. The van der Waals surface area contributed by atoms with Crippen LogP contribution < -0.4 is 10.1 Å². The number of halogens is 1. The zero-order chi connectivity index (χ0) is 13.2.